The standard InChI is InChI=1S/C19H16NO/c1-2-17-12-16(18-5-3-4-6-19(18)20-17)11-14-7-9-15(13-21)10-8-14/h3-10,12H,2,11H2,1H3. The van der Waals surface area contributed by atoms with E-state index in [0.29, 0.717) is 5.56 Å². The number of benzene rings is 2. The van der Waals surface area contributed by atoms with Crippen molar-refractivity contribution in [3.8, 4) is 0 Å². The van der Waals surface area contributed by atoms with Crippen LogP contribution in [0.25, 0.3) is 10.9 Å². The van der Waals surface area contributed by atoms with Crippen molar-refractivity contribution < 1.29 is 4.79 Å². The van der Waals surface area contributed by atoms with Crippen LogP contribution in [-0.4, -0.2) is 11.3 Å². The van der Waals surface area contributed by atoms with E-state index in [9.17, 15) is 4.79 Å². The first-order valence-corrected chi connectivity index (χ1v) is 7.15. The van der Waals surface area contributed by atoms with Crippen molar-refractivity contribution in [2.75, 3.05) is 0 Å². The monoisotopic (exact) mass is 274 g/mol. The summed E-state index contributed by atoms with van der Waals surface area (Å²) < 4.78 is 0. The summed E-state index contributed by atoms with van der Waals surface area (Å²) in [5.41, 5.74) is 5.21. The maximum absolute atomic E-state index is 10.6. The fourth-order valence-electron chi connectivity index (χ4n) is 2.55. The lowest BCUT2D eigenvalue weighted by Gasteiger charge is -2.09. The Morgan fingerprint density at radius 3 is 2.52 bits per heavy atom. The predicted molar refractivity (Wildman–Crippen MR) is 85.2 cm³/mol. The number of fused-ring (bicyclic) bond motifs is 1. The van der Waals surface area contributed by atoms with E-state index < -0.39 is 0 Å². The number of aromatic nitrogens is 1. The zero-order valence-corrected chi connectivity index (χ0v) is 12.0. The van der Waals surface area contributed by atoms with Gasteiger partial charge < -0.3 is 0 Å². The third kappa shape index (κ3) is 2.84. The summed E-state index contributed by atoms with van der Waals surface area (Å²) in [6.07, 6.45) is 3.68. The zero-order valence-electron chi connectivity index (χ0n) is 12.0. The lowest BCUT2D eigenvalue weighted by molar-refractivity contribution is 0.563. The van der Waals surface area contributed by atoms with E-state index in [0.717, 1.165) is 24.1 Å². The van der Waals surface area contributed by atoms with E-state index in [1.807, 2.05) is 42.7 Å². The van der Waals surface area contributed by atoms with E-state index in [4.69, 9.17) is 0 Å². The molecule has 2 nitrogen and oxygen atoms in total. The van der Waals surface area contributed by atoms with E-state index in [1.54, 1.807) is 0 Å². The van der Waals surface area contributed by atoms with Gasteiger partial charge in [0, 0.05) is 16.6 Å². The third-order valence-electron chi connectivity index (χ3n) is 3.68. The van der Waals surface area contributed by atoms with Crippen LogP contribution in [0.4, 0.5) is 0 Å². The molecule has 1 aromatic heterocycles. The number of carbonyl (C=O) groups excluding carboxylic acids is 1. The number of para-hydroxylation sites is 1. The van der Waals surface area contributed by atoms with Crippen molar-refractivity contribution in [3.05, 3.63) is 77.0 Å². The second-order valence-corrected chi connectivity index (χ2v) is 5.12. The Kier molecular flexibility index (Phi) is 3.78. The average Bonchev–Trinajstić information content (AvgIpc) is 2.55. The minimum absolute atomic E-state index is 0.590. The maximum atomic E-state index is 10.6. The molecule has 3 aromatic rings. The molecular formula is C19H16NO. The van der Waals surface area contributed by atoms with Gasteiger partial charge in [0.2, 0.25) is 6.29 Å². The zero-order chi connectivity index (χ0) is 14.7. The molecule has 0 amide bonds. The van der Waals surface area contributed by atoms with Crippen LogP contribution in [0, 0.1) is 0 Å². The van der Waals surface area contributed by atoms with Crippen LogP contribution in [0.3, 0.4) is 0 Å². The second-order valence-electron chi connectivity index (χ2n) is 5.12. The predicted octanol–water partition coefficient (Wildman–Crippen LogP) is 3.85. The summed E-state index contributed by atoms with van der Waals surface area (Å²) in [7, 11) is 0. The molecule has 0 saturated heterocycles. The molecule has 3 rings (SSSR count). The van der Waals surface area contributed by atoms with Gasteiger partial charge in [0.25, 0.3) is 0 Å². The summed E-state index contributed by atoms with van der Waals surface area (Å²) in [6.45, 7) is 2.12. The number of pyridine rings is 1. The highest BCUT2D eigenvalue weighted by Crippen LogP contribution is 2.21. The molecule has 0 aliphatic rings. The summed E-state index contributed by atoms with van der Waals surface area (Å²) in [5, 5.41) is 1.20. The first-order chi connectivity index (χ1) is 10.3. The van der Waals surface area contributed by atoms with Crippen molar-refractivity contribution in [2.24, 2.45) is 0 Å². The highest BCUT2D eigenvalue weighted by molar-refractivity contribution is 5.82. The van der Waals surface area contributed by atoms with Gasteiger partial charge in [0.05, 0.1) is 5.52 Å². The van der Waals surface area contributed by atoms with E-state index in [-0.39, 0.29) is 0 Å². The number of hydrogen-bond donors (Lipinski definition) is 0. The van der Waals surface area contributed by atoms with Gasteiger partial charge in [-0.2, -0.15) is 0 Å². The number of rotatable bonds is 4. The number of hydrogen-bond acceptors (Lipinski definition) is 2. The molecule has 103 valence electrons. The smallest absolute Gasteiger partial charge is 0.233 e. The minimum Gasteiger partial charge on any atom is -0.285 e. The Hall–Kier alpha value is -2.48. The molecule has 0 bridgehead atoms. The van der Waals surface area contributed by atoms with Gasteiger partial charge >= 0.3 is 0 Å². The highest BCUT2D eigenvalue weighted by atomic mass is 16.1. The molecule has 1 radical (unpaired) electrons. The van der Waals surface area contributed by atoms with Crippen LogP contribution in [0.1, 0.15) is 29.3 Å². The molecule has 0 aliphatic carbocycles. The molecule has 2 heteroatoms. The lowest BCUT2D eigenvalue weighted by Crippen LogP contribution is -1.96. The third-order valence-corrected chi connectivity index (χ3v) is 3.68. The molecule has 0 unspecified atom stereocenters. The van der Waals surface area contributed by atoms with Crippen molar-refractivity contribution in [3.63, 3.8) is 0 Å². The van der Waals surface area contributed by atoms with Gasteiger partial charge in [0.1, 0.15) is 0 Å². The Bertz CT molecular complexity index is 775. The van der Waals surface area contributed by atoms with Gasteiger partial charge in [0.15, 0.2) is 0 Å². The largest absolute Gasteiger partial charge is 0.285 e. The van der Waals surface area contributed by atoms with Crippen molar-refractivity contribution in [1.29, 1.82) is 0 Å². The Morgan fingerprint density at radius 2 is 1.81 bits per heavy atom. The van der Waals surface area contributed by atoms with Crippen LogP contribution in [0.5, 0.6) is 0 Å². The number of nitrogens with zero attached hydrogens (tertiary/aromatic N) is 1. The van der Waals surface area contributed by atoms with E-state index in [2.05, 4.69) is 30.1 Å². The molecule has 0 spiro atoms. The van der Waals surface area contributed by atoms with Gasteiger partial charge in [-0.15, -0.1) is 0 Å². The summed E-state index contributed by atoms with van der Waals surface area (Å²) in [6, 6.07) is 18.0. The van der Waals surface area contributed by atoms with E-state index in [1.165, 1.54) is 16.5 Å². The summed E-state index contributed by atoms with van der Waals surface area (Å²) in [5.74, 6) is 0. The number of aryl methyl sites for hydroxylation is 1. The highest BCUT2D eigenvalue weighted by Gasteiger charge is 2.06. The molecule has 1 heterocycles. The molecule has 21 heavy (non-hydrogen) atoms. The van der Waals surface area contributed by atoms with Gasteiger partial charge in [-0.1, -0.05) is 49.4 Å². The molecule has 0 saturated carbocycles. The van der Waals surface area contributed by atoms with Crippen LogP contribution in [0.15, 0.2) is 54.6 Å². The Morgan fingerprint density at radius 1 is 1.05 bits per heavy atom. The van der Waals surface area contributed by atoms with Crippen LogP contribution in [-0.2, 0) is 17.6 Å². The summed E-state index contributed by atoms with van der Waals surface area (Å²) >= 11 is 0. The minimum atomic E-state index is 0.590. The molecule has 0 atom stereocenters. The first kappa shape index (κ1) is 13.5. The van der Waals surface area contributed by atoms with Crippen LogP contribution < -0.4 is 0 Å². The molecule has 0 fully saturated rings. The van der Waals surface area contributed by atoms with Gasteiger partial charge in [-0.05, 0) is 36.1 Å². The van der Waals surface area contributed by atoms with Crippen LogP contribution >= 0.6 is 0 Å². The normalized spacial score (nSPS) is 10.7. The Balaban J connectivity index is 2.03. The van der Waals surface area contributed by atoms with Crippen molar-refractivity contribution in [2.45, 2.75) is 19.8 Å². The average molecular weight is 274 g/mol. The van der Waals surface area contributed by atoms with E-state index >= 15 is 0 Å². The molecule has 0 N–H and O–H groups in total. The van der Waals surface area contributed by atoms with Gasteiger partial charge in [-0.3, -0.25) is 9.78 Å². The second kappa shape index (κ2) is 5.88. The SMILES string of the molecule is CCc1cc(Cc2ccc([C]=O)cc2)c2ccccc2n1. The van der Waals surface area contributed by atoms with Crippen LogP contribution in [0.2, 0.25) is 0 Å². The fourth-order valence-corrected chi connectivity index (χ4v) is 2.55. The fraction of sp³-hybridized carbons (Fsp3) is 0.158. The lowest BCUT2D eigenvalue weighted by atomic mass is 9.99. The molecular weight excluding hydrogens is 258 g/mol. The molecule has 2 aromatic carbocycles. The van der Waals surface area contributed by atoms with Gasteiger partial charge in [-0.25, -0.2) is 0 Å². The quantitative estimate of drug-likeness (QED) is 0.723. The molecule has 0 aliphatic heterocycles. The van der Waals surface area contributed by atoms with Crippen molar-refractivity contribution in [1.82, 2.24) is 4.98 Å². The topological polar surface area (TPSA) is 30.0 Å². The Labute approximate surface area is 124 Å². The maximum Gasteiger partial charge on any atom is 0.233 e. The summed E-state index contributed by atoms with van der Waals surface area (Å²) in [4.78, 5) is 15.3. The van der Waals surface area contributed by atoms with Crippen molar-refractivity contribution >= 4 is 17.2 Å². The first-order valence-electron chi connectivity index (χ1n) is 7.15.